The Labute approximate surface area is 336 Å². The summed E-state index contributed by atoms with van der Waals surface area (Å²) < 4.78 is 4.76. The minimum atomic E-state index is 0.640. The maximum absolute atomic E-state index is 5.35. The second-order valence-corrected chi connectivity index (χ2v) is 13.7. The van der Waals surface area contributed by atoms with Crippen LogP contribution >= 0.6 is 0 Å². The van der Waals surface area contributed by atoms with Crippen molar-refractivity contribution in [2.45, 2.75) is 33.9 Å². The first-order chi connectivity index (χ1) is 28.1. The maximum Gasteiger partial charge on any atom is 0.0547 e. The number of nitrogens with two attached hydrogens (primary N) is 2. The number of hydrogen-bond donors (Lipinski definition) is 2. The highest BCUT2D eigenvalue weighted by molar-refractivity contribution is 6.12. The van der Waals surface area contributed by atoms with E-state index >= 15 is 0 Å². The lowest BCUT2D eigenvalue weighted by Crippen LogP contribution is -1.94. The molecule has 2 heterocycles. The molecule has 0 aliphatic carbocycles. The Morgan fingerprint density at radius 1 is 0.351 bits per heavy atom. The smallest absolute Gasteiger partial charge is 0.0547 e. The highest BCUT2D eigenvalue weighted by atomic mass is 15.0. The van der Waals surface area contributed by atoms with Crippen LogP contribution in [0.3, 0.4) is 0 Å². The summed E-state index contributed by atoms with van der Waals surface area (Å²) in [5.74, 6) is 0. The molecule has 0 bridgehead atoms. The summed E-state index contributed by atoms with van der Waals surface area (Å²) in [6.07, 6.45) is 0. The molecule has 57 heavy (non-hydrogen) atoms. The van der Waals surface area contributed by atoms with E-state index in [9.17, 15) is 0 Å². The van der Waals surface area contributed by atoms with E-state index in [2.05, 4.69) is 156 Å². The summed E-state index contributed by atoms with van der Waals surface area (Å²) in [5, 5.41) is 5.09. The van der Waals surface area contributed by atoms with Gasteiger partial charge < -0.3 is 20.6 Å². The number of nitrogens with zero attached hydrogens (tertiary/aromatic N) is 2. The molecule has 282 valence electrons. The topological polar surface area (TPSA) is 61.9 Å². The van der Waals surface area contributed by atoms with Crippen molar-refractivity contribution in [2.24, 2.45) is 11.5 Å². The molecular weight excluding hydrogens is 693 g/mol. The molecule has 4 N–H and O–H groups in total. The van der Waals surface area contributed by atoms with Gasteiger partial charge in [-0.15, -0.1) is 0 Å². The van der Waals surface area contributed by atoms with E-state index in [0.29, 0.717) is 13.1 Å². The number of aryl methyl sites for hydroxylation is 1. The van der Waals surface area contributed by atoms with Gasteiger partial charge >= 0.3 is 0 Å². The van der Waals surface area contributed by atoms with Gasteiger partial charge in [-0.05, 0) is 83.8 Å². The first kappa shape index (κ1) is 38.6. The van der Waals surface area contributed by atoms with E-state index in [1.807, 2.05) is 74.5 Å². The van der Waals surface area contributed by atoms with Crippen LogP contribution in [0.15, 0.2) is 200 Å². The maximum atomic E-state index is 5.35. The summed E-state index contributed by atoms with van der Waals surface area (Å²) in [7, 11) is 0. The molecule has 2 aromatic heterocycles. The Hall–Kier alpha value is -6.72. The number of rotatable bonds is 5. The number of hydrogen-bond acceptors (Lipinski definition) is 2. The van der Waals surface area contributed by atoms with Crippen molar-refractivity contribution in [1.29, 1.82) is 0 Å². The molecule has 0 unspecified atom stereocenters. The van der Waals surface area contributed by atoms with Crippen LogP contribution in [0.5, 0.6) is 0 Å². The Kier molecular flexibility index (Phi) is 12.4. The average Bonchev–Trinajstić information content (AvgIpc) is 3.81. The van der Waals surface area contributed by atoms with Crippen molar-refractivity contribution >= 4 is 43.6 Å². The number of benzene rings is 8. The van der Waals surface area contributed by atoms with Crippen LogP contribution in [-0.4, -0.2) is 9.13 Å². The molecule has 0 saturated heterocycles. The van der Waals surface area contributed by atoms with E-state index < -0.39 is 0 Å². The average molecular weight is 743 g/mol. The van der Waals surface area contributed by atoms with E-state index in [1.54, 1.807) is 0 Å². The van der Waals surface area contributed by atoms with Gasteiger partial charge in [0.2, 0.25) is 0 Å². The highest BCUT2D eigenvalue weighted by Gasteiger charge is 2.15. The molecule has 0 radical (unpaired) electrons. The lowest BCUT2D eigenvalue weighted by Gasteiger charge is -2.10. The Morgan fingerprint density at radius 3 is 1.30 bits per heavy atom. The molecule has 0 atom stereocenters. The van der Waals surface area contributed by atoms with Crippen LogP contribution < -0.4 is 11.5 Å². The largest absolute Gasteiger partial charge is 0.326 e. The first-order valence-electron chi connectivity index (χ1n) is 19.8. The van der Waals surface area contributed by atoms with Crippen LogP contribution in [0.4, 0.5) is 0 Å². The second-order valence-electron chi connectivity index (χ2n) is 13.7. The van der Waals surface area contributed by atoms with Crippen molar-refractivity contribution in [3.63, 3.8) is 0 Å². The molecule has 0 spiro atoms. The van der Waals surface area contributed by atoms with Crippen LogP contribution in [0, 0.1) is 6.92 Å². The molecular formula is C53H50N4. The molecule has 0 amide bonds. The Bertz CT molecular complexity index is 2780. The summed E-state index contributed by atoms with van der Waals surface area (Å²) in [4.78, 5) is 0. The fraction of sp³-hybridized carbons (Fsp3) is 0.0943. The summed E-state index contributed by atoms with van der Waals surface area (Å²) in [6, 6.07) is 70.7. The third-order valence-electron chi connectivity index (χ3n) is 10.1. The number of para-hydroxylation sites is 3. The monoisotopic (exact) mass is 742 g/mol. The van der Waals surface area contributed by atoms with Crippen molar-refractivity contribution in [3.8, 4) is 22.5 Å². The number of aromatic nitrogens is 2. The lowest BCUT2D eigenvalue weighted by molar-refractivity contribution is 1.07. The van der Waals surface area contributed by atoms with Crippen LogP contribution in [0.2, 0.25) is 0 Å². The van der Waals surface area contributed by atoms with Crippen LogP contribution in [0.25, 0.3) is 66.1 Å². The van der Waals surface area contributed by atoms with Gasteiger partial charge in [0.05, 0.1) is 22.1 Å². The standard InChI is InChI=1S/C37H26N2.2C7H9N.C2H6/c1-25-15-19-29(20-16-25)39-34-13-7-5-11-30(34)32-21-17-27(24-37(32)39)26-18-22-36-33(23-26)31-12-6-8-14-35(31)38(36)28-9-3-2-4-10-28;2*8-6-7-4-2-1-3-5-7;1-2/h2-24H,1H3;2*1-5H,6,8H2;1-2H3. The zero-order chi connectivity index (χ0) is 39.6. The van der Waals surface area contributed by atoms with Gasteiger partial charge in [-0.2, -0.15) is 0 Å². The van der Waals surface area contributed by atoms with E-state index in [-0.39, 0.29) is 0 Å². The van der Waals surface area contributed by atoms with Gasteiger partial charge in [0, 0.05) is 46.0 Å². The zero-order valence-electron chi connectivity index (χ0n) is 33.0. The fourth-order valence-corrected chi connectivity index (χ4v) is 7.36. The summed E-state index contributed by atoms with van der Waals surface area (Å²) in [5.41, 5.74) is 24.1. The highest BCUT2D eigenvalue weighted by Crippen LogP contribution is 2.38. The van der Waals surface area contributed by atoms with Crippen molar-refractivity contribution < 1.29 is 0 Å². The molecule has 0 saturated carbocycles. The van der Waals surface area contributed by atoms with Gasteiger partial charge in [-0.25, -0.2) is 0 Å². The molecule has 0 fully saturated rings. The van der Waals surface area contributed by atoms with Crippen molar-refractivity contribution in [3.05, 3.63) is 217 Å². The minimum Gasteiger partial charge on any atom is -0.326 e. The molecule has 4 nitrogen and oxygen atoms in total. The van der Waals surface area contributed by atoms with E-state index in [0.717, 1.165) is 0 Å². The van der Waals surface area contributed by atoms with Crippen LogP contribution in [0.1, 0.15) is 30.5 Å². The summed E-state index contributed by atoms with van der Waals surface area (Å²) in [6.45, 7) is 7.42. The Morgan fingerprint density at radius 2 is 0.754 bits per heavy atom. The van der Waals surface area contributed by atoms with Crippen molar-refractivity contribution in [1.82, 2.24) is 9.13 Å². The quantitative estimate of drug-likeness (QED) is 0.184. The van der Waals surface area contributed by atoms with Gasteiger partial charge in [-0.1, -0.05) is 165 Å². The molecule has 10 rings (SSSR count). The SMILES string of the molecule is CC.Cc1ccc(-n2c3ccccc3c3ccc(-c4ccc5c(c4)c4ccccc4n5-c4ccccc4)cc32)cc1.NCc1ccccc1.NCc1ccccc1. The molecule has 8 aromatic carbocycles. The lowest BCUT2D eigenvalue weighted by atomic mass is 10.0. The van der Waals surface area contributed by atoms with Gasteiger partial charge in [0.25, 0.3) is 0 Å². The Balaban J connectivity index is 0.000000228. The zero-order valence-corrected chi connectivity index (χ0v) is 33.0. The van der Waals surface area contributed by atoms with Gasteiger partial charge in [0.15, 0.2) is 0 Å². The van der Waals surface area contributed by atoms with Crippen LogP contribution in [-0.2, 0) is 13.1 Å². The first-order valence-corrected chi connectivity index (χ1v) is 19.8. The predicted octanol–water partition coefficient (Wildman–Crippen LogP) is 13.2. The number of fused-ring (bicyclic) bond motifs is 6. The molecule has 0 aliphatic rings. The van der Waals surface area contributed by atoms with Gasteiger partial charge in [-0.3, -0.25) is 0 Å². The minimum absolute atomic E-state index is 0.640. The normalized spacial score (nSPS) is 10.7. The van der Waals surface area contributed by atoms with Crippen molar-refractivity contribution in [2.75, 3.05) is 0 Å². The molecule has 10 aromatic rings. The van der Waals surface area contributed by atoms with Gasteiger partial charge in [0.1, 0.15) is 0 Å². The fourth-order valence-electron chi connectivity index (χ4n) is 7.36. The third-order valence-corrected chi connectivity index (χ3v) is 10.1. The summed E-state index contributed by atoms with van der Waals surface area (Å²) >= 11 is 0. The second kappa shape index (κ2) is 18.3. The predicted molar refractivity (Wildman–Crippen MR) is 245 cm³/mol. The molecule has 0 aliphatic heterocycles. The van der Waals surface area contributed by atoms with E-state index in [1.165, 1.54) is 82.8 Å². The molecule has 4 heteroatoms. The van der Waals surface area contributed by atoms with E-state index in [4.69, 9.17) is 11.5 Å². The third kappa shape index (κ3) is 8.29.